The molecule has 5 nitrogen and oxygen atoms in total. The van der Waals surface area contributed by atoms with Crippen molar-refractivity contribution in [3.05, 3.63) is 53.2 Å². The lowest BCUT2D eigenvalue weighted by atomic mass is 10.1. The summed E-state index contributed by atoms with van der Waals surface area (Å²) in [5, 5.41) is 1.06. The van der Waals surface area contributed by atoms with E-state index in [-0.39, 0.29) is 16.6 Å². The summed E-state index contributed by atoms with van der Waals surface area (Å²) in [5.41, 5.74) is 1.77. The molecule has 3 rings (SSSR count). The van der Waals surface area contributed by atoms with Gasteiger partial charge in [-0.05, 0) is 18.2 Å². The number of hydrogen-bond donors (Lipinski definition) is 0. The summed E-state index contributed by atoms with van der Waals surface area (Å²) in [6.07, 6.45) is 3.06. The van der Waals surface area contributed by atoms with Crippen LogP contribution in [0.25, 0.3) is 10.9 Å². The van der Waals surface area contributed by atoms with Crippen LogP contribution < -0.4 is 4.74 Å². The Balaban J connectivity index is 2.17. The zero-order valence-electron chi connectivity index (χ0n) is 11.5. The van der Waals surface area contributed by atoms with Crippen molar-refractivity contribution in [2.45, 2.75) is 0 Å². The Kier molecular flexibility index (Phi) is 3.35. The second-order valence-corrected chi connectivity index (χ2v) is 4.98. The summed E-state index contributed by atoms with van der Waals surface area (Å²) in [5.74, 6) is 0.502. The van der Waals surface area contributed by atoms with Crippen LogP contribution in [0.5, 0.6) is 5.75 Å². The third kappa shape index (κ3) is 2.36. The zero-order valence-corrected chi connectivity index (χ0v) is 12.3. The first kappa shape index (κ1) is 13.6. The van der Waals surface area contributed by atoms with Crippen LogP contribution in [0.1, 0.15) is 16.1 Å². The summed E-state index contributed by atoms with van der Waals surface area (Å²) in [7, 11) is 3.48. The van der Waals surface area contributed by atoms with E-state index in [1.807, 2.05) is 29.8 Å². The van der Waals surface area contributed by atoms with Gasteiger partial charge in [0.2, 0.25) is 5.78 Å². The summed E-state index contributed by atoms with van der Waals surface area (Å²) in [6, 6.07) is 7.07. The maximum Gasteiger partial charge on any atom is 0.213 e. The first-order valence-corrected chi connectivity index (χ1v) is 6.63. The van der Waals surface area contributed by atoms with E-state index in [1.165, 1.54) is 12.4 Å². The molecule has 0 bridgehead atoms. The molecule has 0 aliphatic carbocycles. The number of hydrogen-bond acceptors (Lipinski definition) is 4. The molecule has 0 aliphatic rings. The number of ether oxygens (including phenoxy) is 1. The van der Waals surface area contributed by atoms with Crippen molar-refractivity contribution in [1.82, 2.24) is 14.5 Å². The quantitative estimate of drug-likeness (QED) is 0.551. The Morgan fingerprint density at radius 2 is 2.10 bits per heavy atom. The molecule has 3 aromatic rings. The lowest BCUT2D eigenvalue weighted by Crippen LogP contribution is -2.04. The van der Waals surface area contributed by atoms with Gasteiger partial charge in [0.15, 0.2) is 0 Å². The van der Waals surface area contributed by atoms with Gasteiger partial charge in [-0.2, -0.15) is 0 Å². The van der Waals surface area contributed by atoms with Gasteiger partial charge in [0, 0.05) is 35.8 Å². The Morgan fingerprint density at radius 3 is 2.81 bits per heavy atom. The molecule has 0 atom stereocenters. The van der Waals surface area contributed by atoms with E-state index in [4.69, 9.17) is 16.3 Å². The van der Waals surface area contributed by atoms with Gasteiger partial charge in [0.05, 0.1) is 7.11 Å². The number of ketones is 1. The number of methoxy groups -OCH3 is 1. The molecule has 0 radical (unpaired) electrons. The second-order valence-electron chi connectivity index (χ2n) is 4.59. The third-order valence-electron chi connectivity index (χ3n) is 3.31. The lowest BCUT2D eigenvalue weighted by molar-refractivity contribution is 0.103. The van der Waals surface area contributed by atoms with Crippen molar-refractivity contribution in [2.24, 2.45) is 7.05 Å². The zero-order chi connectivity index (χ0) is 15.0. The first-order valence-electron chi connectivity index (χ1n) is 6.25. The molecule has 0 unspecified atom stereocenters. The first-order chi connectivity index (χ1) is 10.1. The Morgan fingerprint density at radius 1 is 1.29 bits per heavy atom. The van der Waals surface area contributed by atoms with Crippen LogP contribution in [-0.4, -0.2) is 27.4 Å². The summed E-state index contributed by atoms with van der Waals surface area (Å²) >= 11 is 5.82. The molecule has 6 heteroatoms. The Bertz CT molecular complexity index is 842. The number of halogens is 1. The maximum absolute atomic E-state index is 12.6. The van der Waals surface area contributed by atoms with Crippen LogP contribution in [-0.2, 0) is 7.05 Å². The van der Waals surface area contributed by atoms with Crippen molar-refractivity contribution in [2.75, 3.05) is 7.11 Å². The van der Waals surface area contributed by atoms with Crippen LogP contribution >= 0.6 is 11.6 Å². The number of fused-ring (bicyclic) bond motifs is 1. The van der Waals surface area contributed by atoms with E-state index >= 15 is 0 Å². The fourth-order valence-corrected chi connectivity index (χ4v) is 2.42. The van der Waals surface area contributed by atoms with Gasteiger partial charge in [-0.3, -0.25) is 4.79 Å². The topological polar surface area (TPSA) is 57.0 Å². The number of carbonyl (C=O) groups is 1. The predicted molar refractivity (Wildman–Crippen MR) is 79.9 cm³/mol. The minimum absolute atomic E-state index is 0.196. The van der Waals surface area contributed by atoms with Crippen molar-refractivity contribution in [3.63, 3.8) is 0 Å². The van der Waals surface area contributed by atoms with Gasteiger partial charge in [0.1, 0.15) is 22.9 Å². The van der Waals surface area contributed by atoms with Crippen molar-refractivity contribution < 1.29 is 9.53 Å². The van der Waals surface area contributed by atoms with E-state index in [2.05, 4.69) is 9.97 Å². The molecule has 0 amide bonds. The van der Waals surface area contributed by atoms with Crippen LogP contribution in [0.4, 0.5) is 0 Å². The average molecular weight is 302 g/mol. The monoisotopic (exact) mass is 301 g/mol. The minimum Gasteiger partial charge on any atom is -0.497 e. The summed E-state index contributed by atoms with van der Waals surface area (Å²) in [4.78, 5) is 20.4. The highest BCUT2D eigenvalue weighted by Crippen LogP contribution is 2.27. The van der Waals surface area contributed by atoms with Crippen LogP contribution in [0.15, 0.2) is 36.8 Å². The standard InChI is InChI=1S/C15H12ClN3O2/c1-19-7-11(10-5-9(21-2)3-4-13(10)19)15(20)12-6-14(16)18-8-17-12/h3-8H,1-2H3. The van der Waals surface area contributed by atoms with E-state index in [1.54, 1.807) is 13.3 Å². The molecule has 106 valence electrons. The van der Waals surface area contributed by atoms with Crippen LogP contribution in [0.3, 0.4) is 0 Å². The Labute approximate surface area is 126 Å². The SMILES string of the molecule is COc1ccc2c(c1)c(C(=O)c1cc(Cl)ncn1)cn2C. The predicted octanol–water partition coefficient (Wildman–Crippen LogP) is 2.86. The van der Waals surface area contributed by atoms with Gasteiger partial charge in [-0.1, -0.05) is 11.6 Å². The highest BCUT2D eigenvalue weighted by molar-refractivity contribution is 6.30. The molecule has 0 spiro atoms. The molecule has 0 fully saturated rings. The molecule has 0 saturated carbocycles. The number of aryl methyl sites for hydroxylation is 1. The molecule has 1 aromatic carbocycles. The van der Waals surface area contributed by atoms with Crippen LogP contribution in [0, 0.1) is 0 Å². The minimum atomic E-state index is -0.196. The van der Waals surface area contributed by atoms with Gasteiger partial charge in [-0.25, -0.2) is 9.97 Å². The van der Waals surface area contributed by atoms with E-state index in [0.717, 1.165) is 10.9 Å². The number of aromatic nitrogens is 3. The molecule has 0 N–H and O–H groups in total. The van der Waals surface area contributed by atoms with Gasteiger partial charge in [0.25, 0.3) is 0 Å². The number of rotatable bonds is 3. The normalized spacial score (nSPS) is 10.8. The molecule has 2 aromatic heterocycles. The fraction of sp³-hybridized carbons (Fsp3) is 0.133. The number of carbonyl (C=O) groups excluding carboxylic acids is 1. The van der Waals surface area contributed by atoms with E-state index in [0.29, 0.717) is 11.3 Å². The summed E-state index contributed by atoms with van der Waals surface area (Å²) < 4.78 is 7.12. The van der Waals surface area contributed by atoms with Gasteiger partial charge >= 0.3 is 0 Å². The van der Waals surface area contributed by atoms with E-state index < -0.39 is 0 Å². The Hall–Kier alpha value is -2.40. The number of benzene rings is 1. The molecular weight excluding hydrogens is 290 g/mol. The molecular formula is C15H12ClN3O2. The highest BCUT2D eigenvalue weighted by atomic mass is 35.5. The molecule has 2 heterocycles. The second kappa shape index (κ2) is 5.18. The van der Waals surface area contributed by atoms with E-state index in [9.17, 15) is 4.79 Å². The highest BCUT2D eigenvalue weighted by Gasteiger charge is 2.18. The lowest BCUT2D eigenvalue weighted by Gasteiger charge is -2.02. The van der Waals surface area contributed by atoms with Gasteiger partial charge in [-0.15, -0.1) is 0 Å². The molecule has 0 aliphatic heterocycles. The van der Waals surface area contributed by atoms with Crippen molar-refractivity contribution >= 4 is 28.3 Å². The van der Waals surface area contributed by atoms with Crippen molar-refractivity contribution in [1.29, 1.82) is 0 Å². The summed E-state index contributed by atoms with van der Waals surface area (Å²) in [6.45, 7) is 0. The molecule has 21 heavy (non-hydrogen) atoms. The smallest absolute Gasteiger partial charge is 0.213 e. The fourth-order valence-electron chi connectivity index (χ4n) is 2.27. The third-order valence-corrected chi connectivity index (χ3v) is 3.51. The maximum atomic E-state index is 12.6. The van der Waals surface area contributed by atoms with Crippen LogP contribution in [0.2, 0.25) is 5.15 Å². The number of nitrogens with zero attached hydrogens (tertiary/aromatic N) is 3. The molecule has 0 saturated heterocycles. The van der Waals surface area contributed by atoms with Crippen molar-refractivity contribution in [3.8, 4) is 5.75 Å². The average Bonchev–Trinajstić information content (AvgIpc) is 2.83. The van der Waals surface area contributed by atoms with Gasteiger partial charge < -0.3 is 9.30 Å². The largest absolute Gasteiger partial charge is 0.497 e.